The molecule has 6 atom stereocenters. The number of rotatable bonds is 5. The summed E-state index contributed by atoms with van der Waals surface area (Å²) < 4.78 is 5.41. The van der Waals surface area contributed by atoms with Gasteiger partial charge < -0.3 is 10.1 Å². The van der Waals surface area contributed by atoms with Crippen LogP contribution in [-0.2, 0) is 9.53 Å². The molecule has 0 spiro atoms. The van der Waals surface area contributed by atoms with Gasteiger partial charge in [-0.2, -0.15) is 0 Å². The lowest BCUT2D eigenvalue weighted by molar-refractivity contribution is -0.125. The van der Waals surface area contributed by atoms with E-state index in [4.69, 9.17) is 4.74 Å². The molecule has 1 unspecified atom stereocenters. The van der Waals surface area contributed by atoms with E-state index >= 15 is 0 Å². The first kappa shape index (κ1) is 18.7. The van der Waals surface area contributed by atoms with Crippen molar-refractivity contribution in [2.45, 2.75) is 51.5 Å². The summed E-state index contributed by atoms with van der Waals surface area (Å²) in [6.07, 6.45) is 6.05. The maximum Gasteiger partial charge on any atom is 0.338 e. The Balaban J connectivity index is 1.31. The molecule has 27 heavy (non-hydrogen) atoms. The Kier molecular flexibility index (Phi) is 5.63. The van der Waals surface area contributed by atoms with Gasteiger partial charge in [0.25, 0.3) is 0 Å². The molecule has 2 aliphatic carbocycles. The van der Waals surface area contributed by atoms with E-state index in [1.165, 1.54) is 19.3 Å². The number of Topliss-reactive ketones (excluding diaryl/α,β-unsaturated/α-hetero) is 1. The highest BCUT2D eigenvalue weighted by Crippen LogP contribution is 2.46. The summed E-state index contributed by atoms with van der Waals surface area (Å²) >= 11 is 0. The fourth-order valence-corrected chi connectivity index (χ4v) is 5.79. The van der Waals surface area contributed by atoms with Crippen LogP contribution in [0.1, 0.15) is 55.8 Å². The minimum Gasteiger partial charge on any atom is -0.462 e. The summed E-state index contributed by atoms with van der Waals surface area (Å²) in [4.78, 5) is 25.0. The Morgan fingerprint density at radius 3 is 2.78 bits per heavy atom. The molecule has 2 bridgehead atoms. The van der Waals surface area contributed by atoms with Crippen LogP contribution in [0.5, 0.6) is 0 Å². The molecule has 2 saturated carbocycles. The Morgan fingerprint density at radius 2 is 1.96 bits per heavy atom. The van der Waals surface area contributed by atoms with Gasteiger partial charge in [-0.15, -0.1) is 0 Å². The molecule has 1 aromatic rings. The second-order valence-electron chi connectivity index (χ2n) is 8.93. The van der Waals surface area contributed by atoms with Crippen molar-refractivity contribution in [2.24, 2.45) is 29.6 Å². The normalized spacial score (nSPS) is 35.4. The number of ketones is 1. The van der Waals surface area contributed by atoms with Crippen molar-refractivity contribution in [3.05, 3.63) is 35.9 Å². The summed E-state index contributed by atoms with van der Waals surface area (Å²) in [6.45, 7) is 3.70. The summed E-state index contributed by atoms with van der Waals surface area (Å²) in [7, 11) is 0. The van der Waals surface area contributed by atoms with E-state index < -0.39 is 0 Å². The van der Waals surface area contributed by atoms with Crippen LogP contribution in [0.4, 0.5) is 0 Å². The number of esters is 1. The van der Waals surface area contributed by atoms with Gasteiger partial charge in [-0.1, -0.05) is 25.1 Å². The molecule has 4 heteroatoms. The summed E-state index contributed by atoms with van der Waals surface area (Å²) in [5.41, 5.74) is 0.587. The minimum atomic E-state index is -0.273. The highest BCUT2D eigenvalue weighted by Gasteiger charge is 2.46. The maximum absolute atomic E-state index is 13.0. The fraction of sp³-hybridized carbons (Fsp3) is 0.652. The van der Waals surface area contributed by atoms with Gasteiger partial charge in [-0.3, -0.25) is 4.79 Å². The van der Waals surface area contributed by atoms with Crippen molar-refractivity contribution in [3.63, 3.8) is 0 Å². The highest BCUT2D eigenvalue weighted by molar-refractivity contribution is 5.89. The second kappa shape index (κ2) is 8.14. The lowest BCUT2D eigenvalue weighted by Crippen LogP contribution is -2.51. The van der Waals surface area contributed by atoms with Crippen molar-refractivity contribution in [3.8, 4) is 0 Å². The quantitative estimate of drug-likeness (QED) is 0.633. The molecule has 1 saturated heterocycles. The molecule has 3 fully saturated rings. The molecule has 1 aromatic carbocycles. The maximum atomic E-state index is 13.0. The number of carbonyl (C=O) groups is 2. The smallest absolute Gasteiger partial charge is 0.338 e. The standard InChI is InChI=1S/C23H31NO3/c1-15-10-17-13-22(25)19(18-12-20(17)21(11-15)24-14-18)8-5-9-27-23(26)16-6-3-2-4-7-16/h2-4,6-7,15,17-21,24H,5,8-14H2,1H3/t15-,17+,18-,19?,20-,21+/m1/s1. The minimum absolute atomic E-state index is 0.134. The first-order chi connectivity index (χ1) is 13.1. The van der Waals surface area contributed by atoms with Crippen LogP contribution in [0.2, 0.25) is 0 Å². The van der Waals surface area contributed by atoms with Crippen molar-refractivity contribution in [2.75, 3.05) is 13.2 Å². The summed E-state index contributed by atoms with van der Waals surface area (Å²) in [5, 5.41) is 3.77. The Hall–Kier alpha value is -1.68. The number of nitrogens with one attached hydrogen (secondary N) is 1. The van der Waals surface area contributed by atoms with E-state index in [1.54, 1.807) is 12.1 Å². The number of benzene rings is 1. The van der Waals surface area contributed by atoms with Crippen LogP contribution < -0.4 is 5.32 Å². The molecule has 146 valence electrons. The van der Waals surface area contributed by atoms with Crippen LogP contribution >= 0.6 is 0 Å². The zero-order chi connectivity index (χ0) is 18.8. The molecule has 0 amide bonds. The average molecular weight is 370 g/mol. The molecule has 1 heterocycles. The predicted octanol–water partition coefficient (Wildman–Crippen LogP) is 3.85. The molecular formula is C23H31NO3. The van der Waals surface area contributed by atoms with Gasteiger partial charge in [0, 0.05) is 18.4 Å². The number of hydrogen-bond donors (Lipinski definition) is 1. The topological polar surface area (TPSA) is 55.4 Å². The van der Waals surface area contributed by atoms with Gasteiger partial charge in [0.2, 0.25) is 0 Å². The van der Waals surface area contributed by atoms with Crippen LogP contribution in [0.15, 0.2) is 30.3 Å². The fourth-order valence-electron chi connectivity index (χ4n) is 5.79. The lowest BCUT2D eigenvalue weighted by Gasteiger charge is -2.45. The Bertz CT molecular complexity index is 673. The van der Waals surface area contributed by atoms with Crippen LogP contribution in [0.3, 0.4) is 0 Å². The van der Waals surface area contributed by atoms with Crippen LogP contribution in [0, 0.1) is 29.6 Å². The van der Waals surface area contributed by atoms with Gasteiger partial charge in [0.1, 0.15) is 5.78 Å². The summed E-state index contributed by atoms with van der Waals surface area (Å²) in [6, 6.07) is 9.71. The van der Waals surface area contributed by atoms with Crippen molar-refractivity contribution < 1.29 is 14.3 Å². The SMILES string of the molecule is C[C@@H]1C[C@H]2CC(=O)C(CCCOC(=O)c3ccccc3)[C@H]3CN[C@@H](C1)[C@@H]2C3. The third kappa shape index (κ3) is 4.11. The predicted molar refractivity (Wildman–Crippen MR) is 104 cm³/mol. The van der Waals surface area contributed by atoms with Crippen LogP contribution in [0.25, 0.3) is 0 Å². The second-order valence-corrected chi connectivity index (χ2v) is 8.93. The number of fused-ring (bicyclic) bond motifs is 1. The molecule has 0 radical (unpaired) electrons. The van der Waals surface area contributed by atoms with Crippen LogP contribution in [-0.4, -0.2) is 30.9 Å². The number of ether oxygens (including phenoxy) is 1. The zero-order valence-corrected chi connectivity index (χ0v) is 16.2. The van der Waals surface area contributed by atoms with Crippen molar-refractivity contribution in [1.29, 1.82) is 0 Å². The number of piperidine rings is 1. The molecule has 4 rings (SSSR count). The first-order valence-corrected chi connectivity index (χ1v) is 10.6. The molecule has 1 N–H and O–H groups in total. The monoisotopic (exact) mass is 369 g/mol. The Morgan fingerprint density at radius 1 is 1.15 bits per heavy atom. The van der Waals surface area contributed by atoms with E-state index in [0.717, 1.165) is 31.7 Å². The van der Waals surface area contributed by atoms with E-state index in [-0.39, 0.29) is 11.9 Å². The van der Waals surface area contributed by atoms with Gasteiger partial charge in [-0.25, -0.2) is 4.79 Å². The van der Waals surface area contributed by atoms with Crippen molar-refractivity contribution >= 4 is 11.8 Å². The van der Waals surface area contributed by atoms with Gasteiger partial charge in [0.15, 0.2) is 0 Å². The van der Waals surface area contributed by atoms with Gasteiger partial charge in [-0.05, 0) is 74.5 Å². The molecule has 3 aliphatic rings. The van der Waals surface area contributed by atoms with E-state index in [0.29, 0.717) is 41.7 Å². The molecular weight excluding hydrogens is 338 g/mol. The lowest BCUT2D eigenvalue weighted by atomic mass is 9.67. The van der Waals surface area contributed by atoms with E-state index in [9.17, 15) is 9.59 Å². The molecule has 4 nitrogen and oxygen atoms in total. The number of carbonyl (C=O) groups excluding carboxylic acids is 2. The third-order valence-electron chi connectivity index (χ3n) is 7.05. The first-order valence-electron chi connectivity index (χ1n) is 10.6. The van der Waals surface area contributed by atoms with E-state index in [2.05, 4.69) is 12.2 Å². The third-order valence-corrected chi connectivity index (χ3v) is 7.05. The summed E-state index contributed by atoms with van der Waals surface area (Å²) in [5.74, 6) is 2.76. The average Bonchev–Trinajstić information content (AvgIpc) is 2.79. The van der Waals surface area contributed by atoms with Gasteiger partial charge >= 0.3 is 5.97 Å². The Labute approximate surface area is 162 Å². The zero-order valence-electron chi connectivity index (χ0n) is 16.2. The number of hydrogen-bond acceptors (Lipinski definition) is 4. The highest BCUT2D eigenvalue weighted by atomic mass is 16.5. The molecule has 1 aliphatic heterocycles. The molecule has 0 aromatic heterocycles. The van der Waals surface area contributed by atoms with E-state index in [1.807, 2.05) is 18.2 Å². The van der Waals surface area contributed by atoms with Gasteiger partial charge in [0.05, 0.1) is 12.2 Å². The largest absolute Gasteiger partial charge is 0.462 e. The van der Waals surface area contributed by atoms with Crippen molar-refractivity contribution in [1.82, 2.24) is 5.32 Å².